The van der Waals surface area contributed by atoms with Gasteiger partial charge >= 0.3 is 6.09 Å². The molecule has 0 aromatic heterocycles. The van der Waals surface area contributed by atoms with Gasteiger partial charge in [0.25, 0.3) is 0 Å². The lowest BCUT2D eigenvalue weighted by molar-refractivity contribution is 0.00310. The summed E-state index contributed by atoms with van der Waals surface area (Å²) in [7, 11) is 0. The van der Waals surface area contributed by atoms with E-state index in [-0.39, 0.29) is 12.1 Å². The van der Waals surface area contributed by atoms with Crippen LogP contribution in [0.4, 0.5) is 4.79 Å². The fraction of sp³-hybridized carbons (Fsp3) is 0.917. The Morgan fingerprint density at radius 3 is 2.62 bits per heavy atom. The van der Waals surface area contributed by atoms with Crippen molar-refractivity contribution in [2.24, 2.45) is 11.7 Å². The highest BCUT2D eigenvalue weighted by Gasteiger charge is 2.33. The minimum atomic E-state index is -0.434. The molecule has 4 nitrogen and oxygen atoms in total. The zero-order valence-corrected chi connectivity index (χ0v) is 10.8. The van der Waals surface area contributed by atoms with Crippen molar-refractivity contribution in [3.05, 3.63) is 0 Å². The molecule has 1 aliphatic rings. The Hall–Kier alpha value is -0.770. The van der Waals surface area contributed by atoms with E-state index in [0.29, 0.717) is 12.5 Å². The van der Waals surface area contributed by atoms with Crippen LogP contribution in [0.5, 0.6) is 0 Å². The van der Waals surface area contributed by atoms with E-state index in [0.717, 1.165) is 19.4 Å². The predicted octanol–water partition coefficient (Wildman–Crippen LogP) is 1.98. The number of hydrogen-bond donors (Lipinski definition) is 1. The highest BCUT2D eigenvalue weighted by atomic mass is 16.6. The molecule has 1 rings (SSSR count). The first kappa shape index (κ1) is 13.3. The lowest BCUT2D eigenvalue weighted by atomic mass is 9.91. The highest BCUT2D eigenvalue weighted by molar-refractivity contribution is 5.68. The molecular weight excluding hydrogens is 204 g/mol. The normalized spacial score (nSPS) is 26.7. The molecule has 1 aliphatic heterocycles. The van der Waals surface area contributed by atoms with Crippen LogP contribution in [-0.2, 0) is 4.74 Å². The van der Waals surface area contributed by atoms with Crippen molar-refractivity contribution in [2.45, 2.75) is 52.2 Å². The van der Waals surface area contributed by atoms with Gasteiger partial charge in [0.05, 0.1) is 0 Å². The zero-order chi connectivity index (χ0) is 12.3. The summed E-state index contributed by atoms with van der Waals surface area (Å²) in [5.41, 5.74) is 5.30. The summed E-state index contributed by atoms with van der Waals surface area (Å²) in [4.78, 5) is 13.8. The van der Waals surface area contributed by atoms with Gasteiger partial charge in [-0.05, 0) is 39.5 Å². The number of carbonyl (C=O) groups is 1. The summed E-state index contributed by atoms with van der Waals surface area (Å²) in [6.45, 7) is 9.08. The molecule has 2 N–H and O–H groups in total. The van der Waals surface area contributed by atoms with Crippen LogP contribution in [-0.4, -0.2) is 35.7 Å². The van der Waals surface area contributed by atoms with E-state index >= 15 is 0 Å². The van der Waals surface area contributed by atoms with E-state index in [1.807, 2.05) is 20.8 Å². The zero-order valence-electron chi connectivity index (χ0n) is 10.8. The molecule has 0 unspecified atom stereocenters. The smallest absolute Gasteiger partial charge is 0.410 e. The van der Waals surface area contributed by atoms with E-state index in [9.17, 15) is 4.79 Å². The molecule has 2 atom stereocenters. The fourth-order valence-corrected chi connectivity index (χ4v) is 2.16. The molecule has 0 saturated carbocycles. The average Bonchev–Trinajstić information content (AvgIpc) is 2.14. The van der Waals surface area contributed by atoms with Crippen molar-refractivity contribution in [3.8, 4) is 0 Å². The van der Waals surface area contributed by atoms with Gasteiger partial charge in [0.1, 0.15) is 5.60 Å². The lowest BCUT2D eigenvalue weighted by Crippen LogP contribution is -2.52. The Morgan fingerprint density at radius 1 is 1.50 bits per heavy atom. The quantitative estimate of drug-likeness (QED) is 0.746. The van der Waals surface area contributed by atoms with Crippen LogP contribution in [0.1, 0.15) is 40.5 Å². The first-order valence-electron chi connectivity index (χ1n) is 6.05. The number of likely N-dealkylation sites (tertiary alicyclic amines) is 1. The molecule has 1 saturated heterocycles. The number of nitrogens with two attached hydrogens (primary N) is 1. The number of carbonyl (C=O) groups excluding carboxylic acids is 1. The predicted molar refractivity (Wildman–Crippen MR) is 64.2 cm³/mol. The molecule has 0 spiro atoms. The van der Waals surface area contributed by atoms with Crippen molar-refractivity contribution < 1.29 is 9.53 Å². The molecule has 94 valence electrons. The van der Waals surface area contributed by atoms with Crippen molar-refractivity contribution in [3.63, 3.8) is 0 Å². The van der Waals surface area contributed by atoms with E-state index < -0.39 is 5.60 Å². The third-order valence-corrected chi connectivity index (χ3v) is 2.99. The molecule has 0 aromatic carbocycles. The third-order valence-electron chi connectivity index (χ3n) is 2.99. The SMILES string of the molecule is C[C@@H]1CCCN(C(=O)OC(C)(C)C)[C@@H]1CN. The van der Waals surface area contributed by atoms with Crippen LogP contribution in [0, 0.1) is 5.92 Å². The largest absolute Gasteiger partial charge is 0.444 e. The van der Waals surface area contributed by atoms with Gasteiger partial charge < -0.3 is 15.4 Å². The number of piperidine rings is 1. The van der Waals surface area contributed by atoms with Crippen LogP contribution in [0.2, 0.25) is 0 Å². The molecule has 4 heteroatoms. The van der Waals surface area contributed by atoms with Crippen LogP contribution < -0.4 is 5.73 Å². The van der Waals surface area contributed by atoms with Gasteiger partial charge in [-0.25, -0.2) is 4.79 Å². The monoisotopic (exact) mass is 228 g/mol. The summed E-state index contributed by atoms with van der Waals surface area (Å²) in [5.74, 6) is 0.464. The average molecular weight is 228 g/mol. The van der Waals surface area contributed by atoms with Gasteiger partial charge in [0.15, 0.2) is 0 Å². The summed E-state index contributed by atoms with van der Waals surface area (Å²) in [6, 6.07) is 0.128. The third kappa shape index (κ3) is 3.37. The number of rotatable bonds is 1. The second kappa shape index (κ2) is 5.04. The van der Waals surface area contributed by atoms with Crippen LogP contribution in [0.25, 0.3) is 0 Å². The molecule has 1 heterocycles. The Labute approximate surface area is 98.1 Å². The van der Waals surface area contributed by atoms with Gasteiger partial charge in [-0.3, -0.25) is 0 Å². The molecule has 1 fully saturated rings. The topological polar surface area (TPSA) is 55.6 Å². The molecule has 16 heavy (non-hydrogen) atoms. The first-order valence-corrected chi connectivity index (χ1v) is 6.05. The Bertz CT molecular complexity index is 248. The lowest BCUT2D eigenvalue weighted by Gasteiger charge is -2.39. The van der Waals surface area contributed by atoms with E-state index in [1.165, 1.54) is 0 Å². The number of ether oxygens (including phenoxy) is 1. The Balaban J connectivity index is 2.66. The van der Waals surface area contributed by atoms with Crippen molar-refractivity contribution in [1.82, 2.24) is 4.90 Å². The minimum absolute atomic E-state index is 0.128. The molecule has 0 aromatic rings. The molecule has 0 aliphatic carbocycles. The number of nitrogens with zero attached hydrogens (tertiary/aromatic N) is 1. The van der Waals surface area contributed by atoms with Crippen LogP contribution in [0.15, 0.2) is 0 Å². The maximum absolute atomic E-state index is 12.0. The second-order valence-electron chi connectivity index (χ2n) is 5.60. The van der Waals surface area contributed by atoms with E-state index in [4.69, 9.17) is 10.5 Å². The van der Waals surface area contributed by atoms with Gasteiger partial charge in [0, 0.05) is 19.1 Å². The van der Waals surface area contributed by atoms with E-state index in [2.05, 4.69) is 6.92 Å². The second-order valence-corrected chi connectivity index (χ2v) is 5.60. The molecule has 1 amide bonds. The summed E-state index contributed by atoms with van der Waals surface area (Å²) >= 11 is 0. The maximum atomic E-state index is 12.0. The summed E-state index contributed by atoms with van der Waals surface area (Å²) in [5, 5.41) is 0. The highest BCUT2D eigenvalue weighted by Crippen LogP contribution is 2.24. The molecular formula is C12H24N2O2. The Morgan fingerprint density at radius 2 is 2.12 bits per heavy atom. The van der Waals surface area contributed by atoms with Gasteiger partial charge in [-0.15, -0.1) is 0 Å². The standard InChI is InChI=1S/C12H24N2O2/c1-9-6-5-7-14(10(9)8-13)11(15)16-12(2,3)4/h9-10H,5-8,13H2,1-4H3/t9-,10-/m1/s1. The Kier molecular flexibility index (Phi) is 4.19. The maximum Gasteiger partial charge on any atom is 0.410 e. The molecule has 0 radical (unpaired) electrons. The van der Waals surface area contributed by atoms with Crippen molar-refractivity contribution >= 4 is 6.09 Å². The van der Waals surface area contributed by atoms with Gasteiger partial charge in [0.2, 0.25) is 0 Å². The molecule has 0 bridgehead atoms. The van der Waals surface area contributed by atoms with E-state index in [1.54, 1.807) is 4.90 Å². The summed E-state index contributed by atoms with van der Waals surface area (Å²) < 4.78 is 5.39. The van der Waals surface area contributed by atoms with Crippen LogP contribution in [0.3, 0.4) is 0 Å². The number of amides is 1. The minimum Gasteiger partial charge on any atom is -0.444 e. The van der Waals surface area contributed by atoms with Gasteiger partial charge in [-0.1, -0.05) is 6.92 Å². The van der Waals surface area contributed by atoms with Gasteiger partial charge in [-0.2, -0.15) is 0 Å². The fourth-order valence-electron chi connectivity index (χ4n) is 2.16. The van der Waals surface area contributed by atoms with Crippen molar-refractivity contribution in [1.29, 1.82) is 0 Å². The number of hydrogen-bond acceptors (Lipinski definition) is 3. The summed E-state index contributed by atoms with van der Waals surface area (Å²) in [6.07, 6.45) is 1.95. The first-order chi connectivity index (χ1) is 7.35. The van der Waals surface area contributed by atoms with Crippen molar-refractivity contribution in [2.75, 3.05) is 13.1 Å². The van der Waals surface area contributed by atoms with Crippen LogP contribution >= 0.6 is 0 Å².